The van der Waals surface area contributed by atoms with E-state index in [1.165, 1.54) is 6.08 Å². The Kier molecular flexibility index (Phi) is 5.28. The summed E-state index contributed by atoms with van der Waals surface area (Å²) in [5.74, 6) is -2.03. The lowest BCUT2D eigenvalue weighted by atomic mass is 10.0. The van der Waals surface area contributed by atoms with Gasteiger partial charge in [-0.2, -0.15) is 5.26 Å². The van der Waals surface area contributed by atoms with Crippen LogP contribution in [0.2, 0.25) is 0 Å². The van der Waals surface area contributed by atoms with Crippen LogP contribution >= 0.6 is 0 Å². The molecule has 0 aromatic heterocycles. The Labute approximate surface area is 124 Å². The second kappa shape index (κ2) is 7.39. The fourth-order valence-corrected chi connectivity index (χ4v) is 2.38. The van der Waals surface area contributed by atoms with Crippen molar-refractivity contribution in [1.82, 2.24) is 4.90 Å². The predicted octanol–water partition coefficient (Wildman–Crippen LogP) is 2.42. The first kappa shape index (κ1) is 15.0. The number of likely N-dealkylation sites (tertiary alicyclic amines) is 1. The number of benzene rings is 1. The molecular formula is C17H18N2O2. The molecule has 2 rings (SSSR count). The summed E-state index contributed by atoms with van der Waals surface area (Å²) in [5.41, 5.74) is 0.868. The zero-order valence-corrected chi connectivity index (χ0v) is 11.9. The van der Waals surface area contributed by atoms with E-state index in [1.807, 2.05) is 36.4 Å². The van der Waals surface area contributed by atoms with Crippen molar-refractivity contribution in [1.29, 1.82) is 5.26 Å². The largest absolute Gasteiger partial charge is 0.341 e. The minimum atomic E-state index is -1.22. The number of rotatable bonds is 4. The average molecular weight is 282 g/mol. The quantitative estimate of drug-likeness (QED) is 0.629. The first-order chi connectivity index (χ1) is 10.2. The number of nitrogens with zero attached hydrogens (tertiary/aromatic N) is 2. The smallest absolute Gasteiger partial charge is 0.247 e. The summed E-state index contributed by atoms with van der Waals surface area (Å²) in [6, 6.07) is 11.2. The van der Waals surface area contributed by atoms with E-state index < -0.39 is 11.7 Å². The van der Waals surface area contributed by atoms with E-state index in [1.54, 1.807) is 11.0 Å². The molecule has 1 heterocycles. The van der Waals surface area contributed by atoms with Crippen molar-refractivity contribution in [3.05, 3.63) is 42.0 Å². The van der Waals surface area contributed by atoms with Crippen molar-refractivity contribution >= 4 is 17.8 Å². The van der Waals surface area contributed by atoms with Gasteiger partial charge < -0.3 is 4.90 Å². The minimum absolute atomic E-state index is 0.361. The highest BCUT2D eigenvalue weighted by atomic mass is 16.2. The summed E-state index contributed by atoms with van der Waals surface area (Å²) < 4.78 is 0. The van der Waals surface area contributed by atoms with Gasteiger partial charge in [-0.15, -0.1) is 0 Å². The van der Waals surface area contributed by atoms with E-state index in [9.17, 15) is 9.59 Å². The van der Waals surface area contributed by atoms with E-state index in [2.05, 4.69) is 0 Å². The van der Waals surface area contributed by atoms with Crippen LogP contribution in [0.25, 0.3) is 6.08 Å². The van der Waals surface area contributed by atoms with Crippen LogP contribution in [0.3, 0.4) is 0 Å². The van der Waals surface area contributed by atoms with Crippen LogP contribution in [0.5, 0.6) is 0 Å². The normalized spacial score (nSPS) is 16.4. The van der Waals surface area contributed by atoms with Gasteiger partial charge in [0.25, 0.3) is 0 Å². The van der Waals surface area contributed by atoms with Gasteiger partial charge >= 0.3 is 0 Å². The molecule has 0 bridgehead atoms. The molecule has 0 unspecified atom stereocenters. The number of hydrogen-bond acceptors (Lipinski definition) is 3. The fraction of sp³-hybridized carbons (Fsp3) is 0.353. The van der Waals surface area contributed by atoms with Crippen LogP contribution < -0.4 is 0 Å². The molecule has 4 heteroatoms. The standard InChI is InChI=1S/C17H18N2O2/c18-13-15(17(21)19-11-5-2-6-12-19)16(20)10-9-14-7-3-1-4-8-14/h1,3-4,7-10,15H,2,5-6,11-12H2/b10-9-/t15-/m0/s1. The maximum Gasteiger partial charge on any atom is 0.247 e. The Morgan fingerprint density at radius 2 is 1.81 bits per heavy atom. The maximum atomic E-state index is 12.2. The van der Waals surface area contributed by atoms with Crippen LogP contribution in [0.15, 0.2) is 36.4 Å². The average Bonchev–Trinajstić information content (AvgIpc) is 2.55. The van der Waals surface area contributed by atoms with Crippen molar-refractivity contribution in [3.8, 4) is 6.07 Å². The van der Waals surface area contributed by atoms with Crippen LogP contribution in [-0.2, 0) is 9.59 Å². The van der Waals surface area contributed by atoms with Gasteiger partial charge in [-0.1, -0.05) is 36.4 Å². The van der Waals surface area contributed by atoms with Gasteiger partial charge in [-0.3, -0.25) is 9.59 Å². The zero-order valence-electron chi connectivity index (χ0n) is 11.9. The molecule has 4 nitrogen and oxygen atoms in total. The molecule has 1 fully saturated rings. The third-order valence-electron chi connectivity index (χ3n) is 3.57. The summed E-state index contributed by atoms with van der Waals surface area (Å²) >= 11 is 0. The van der Waals surface area contributed by atoms with Crippen LogP contribution in [0, 0.1) is 17.2 Å². The van der Waals surface area contributed by atoms with Gasteiger partial charge in [-0.25, -0.2) is 0 Å². The SMILES string of the molecule is N#C[C@@H](C(=O)/C=C\c1ccccc1)C(=O)N1CCCCC1. The van der Waals surface area contributed by atoms with Gasteiger partial charge in [0.1, 0.15) is 0 Å². The second-order valence-corrected chi connectivity index (χ2v) is 5.09. The van der Waals surface area contributed by atoms with E-state index in [-0.39, 0.29) is 5.91 Å². The molecule has 0 aliphatic carbocycles. The van der Waals surface area contributed by atoms with Crippen molar-refractivity contribution in [2.45, 2.75) is 19.3 Å². The molecule has 0 spiro atoms. The van der Waals surface area contributed by atoms with Gasteiger partial charge in [-0.05, 0) is 30.9 Å². The van der Waals surface area contributed by atoms with Gasteiger partial charge in [0, 0.05) is 13.1 Å². The number of carbonyl (C=O) groups excluding carboxylic acids is 2. The lowest BCUT2D eigenvalue weighted by Gasteiger charge is -2.27. The summed E-state index contributed by atoms with van der Waals surface area (Å²) in [4.78, 5) is 25.9. The van der Waals surface area contributed by atoms with Crippen LogP contribution in [0.1, 0.15) is 24.8 Å². The summed E-state index contributed by atoms with van der Waals surface area (Å²) in [6.07, 6.45) is 5.94. The molecule has 108 valence electrons. The van der Waals surface area contributed by atoms with E-state index >= 15 is 0 Å². The molecule has 1 saturated heterocycles. The van der Waals surface area contributed by atoms with Gasteiger partial charge in [0.2, 0.25) is 5.91 Å². The monoisotopic (exact) mass is 282 g/mol. The van der Waals surface area contributed by atoms with Crippen molar-refractivity contribution in [2.75, 3.05) is 13.1 Å². The highest BCUT2D eigenvalue weighted by molar-refractivity contribution is 6.10. The molecule has 0 N–H and O–H groups in total. The first-order valence-electron chi connectivity index (χ1n) is 7.18. The fourth-order valence-electron chi connectivity index (χ4n) is 2.38. The Bertz CT molecular complexity index is 566. The van der Waals surface area contributed by atoms with E-state index in [0.29, 0.717) is 13.1 Å². The molecule has 1 amide bonds. The Hall–Kier alpha value is -2.41. The molecule has 1 aromatic carbocycles. The van der Waals surface area contributed by atoms with Crippen LogP contribution in [-0.4, -0.2) is 29.7 Å². The molecule has 21 heavy (non-hydrogen) atoms. The first-order valence-corrected chi connectivity index (χ1v) is 7.18. The number of nitriles is 1. The number of allylic oxidation sites excluding steroid dienone is 1. The molecule has 0 saturated carbocycles. The topological polar surface area (TPSA) is 61.2 Å². The van der Waals surface area contributed by atoms with E-state index in [0.717, 1.165) is 24.8 Å². The second-order valence-electron chi connectivity index (χ2n) is 5.09. The van der Waals surface area contributed by atoms with Gasteiger partial charge in [0.05, 0.1) is 6.07 Å². The highest BCUT2D eigenvalue weighted by Crippen LogP contribution is 2.14. The molecule has 1 aromatic rings. The number of hydrogen-bond donors (Lipinski definition) is 0. The number of ketones is 1. The zero-order chi connectivity index (χ0) is 15.1. The third kappa shape index (κ3) is 4.03. The number of carbonyl (C=O) groups is 2. The molecule has 1 atom stereocenters. The third-order valence-corrected chi connectivity index (χ3v) is 3.57. The maximum absolute atomic E-state index is 12.2. The Morgan fingerprint density at radius 1 is 1.14 bits per heavy atom. The van der Waals surface area contributed by atoms with Crippen molar-refractivity contribution < 1.29 is 9.59 Å². The summed E-state index contributed by atoms with van der Waals surface area (Å²) in [5, 5.41) is 9.14. The number of piperidine rings is 1. The molecular weight excluding hydrogens is 264 g/mol. The highest BCUT2D eigenvalue weighted by Gasteiger charge is 2.29. The number of amides is 1. The lowest BCUT2D eigenvalue weighted by Crippen LogP contribution is -2.41. The van der Waals surface area contributed by atoms with E-state index in [4.69, 9.17) is 5.26 Å². The Balaban J connectivity index is 2.03. The summed E-state index contributed by atoms with van der Waals surface area (Å²) in [6.45, 7) is 1.29. The summed E-state index contributed by atoms with van der Waals surface area (Å²) in [7, 11) is 0. The van der Waals surface area contributed by atoms with Crippen molar-refractivity contribution in [3.63, 3.8) is 0 Å². The van der Waals surface area contributed by atoms with Crippen LogP contribution in [0.4, 0.5) is 0 Å². The molecule has 1 aliphatic heterocycles. The minimum Gasteiger partial charge on any atom is -0.341 e. The molecule has 1 aliphatic rings. The van der Waals surface area contributed by atoms with Crippen molar-refractivity contribution in [2.24, 2.45) is 5.92 Å². The van der Waals surface area contributed by atoms with Gasteiger partial charge in [0.15, 0.2) is 11.7 Å². The molecule has 0 radical (unpaired) electrons. The predicted molar refractivity (Wildman–Crippen MR) is 80.0 cm³/mol. The lowest BCUT2D eigenvalue weighted by molar-refractivity contribution is -0.138. The Morgan fingerprint density at radius 3 is 2.43 bits per heavy atom.